The van der Waals surface area contributed by atoms with E-state index in [-0.39, 0.29) is 12.0 Å². The number of ether oxygens (including phenoxy) is 1. The van der Waals surface area contributed by atoms with Crippen molar-refractivity contribution in [2.24, 2.45) is 0 Å². The largest absolute Gasteiger partial charge is 0.493 e. The standard InChI is InChI=1S/C21H19NOS2/c24-21(25)22-19(18-13-23-20-8-4-3-7-17(18)20)12-14-9-10-15-5-1-2-6-16(15)11-14/h1-11,18-19H,12-13H2,(H2,22,24,25). The molecule has 4 rings (SSSR count). The quantitative estimate of drug-likeness (QED) is 0.515. The van der Waals surface area contributed by atoms with Gasteiger partial charge in [0.2, 0.25) is 0 Å². The van der Waals surface area contributed by atoms with Gasteiger partial charge >= 0.3 is 0 Å². The van der Waals surface area contributed by atoms with Gasteiger partial charge in [-0.25, -0.2) is 0 Å². The van der Waals surface area contributed by atoms with Crippen LogP contribution in [0.3, 0.4) is 0 Å². The SMILES string of the molecule is S=C(S)NC(Cc1ccc2ccccc2c1)C1COc2ccccc21. The molecule has 1 aliphatic rings. The molecule has 1 aliphatic heterocycles. The lowest BCUT2D eigenvalue weighted by atomic mass is 9.88. The van der Waals surface area contributed by atoms with Crippen LogP contribution in [0.4, 0.5) is 0 Å². The van der Waals surface area contributed by atoms with Crippen molar-refractivity contribution < 1.29 is 4.74 Å². The summed E-state index contributed by atoms with van der Waals surface area (Å²) in [5, 5.41) is 5.89. The van der Waals surface area contributed by atoms with Gasteiger partial charge in [-0.1, -0.05) is 72.9 Å². The van der Waals surface area contributed by atoms with Gasteiger partial charge in [-0.15, -0.1) is 12.6 Å². The lowest BCUT2D eigenvalue weighted by Crippen LogP contribution is -2.39. The molecule has 0 amide bonds. The van der Waals surface area contributed by atoms with Crippen molar-refractivity contribution in [3.8, 4) is 5.75 Å². The normalized spacial score (nSPS) is 16.9. The molecule has 0 saturated heterocycles. The zero-order valence-electron chi connectivity index (χ0n) is 13.7. The average Bonchev–Trinajstić information content (AvgIpc) is 3.05. The lowest BCUT2D eigenvalue weighted by molar-refractivity contribution is 0.307. The van der Waals surface area contributed by atoms with E-state index in [2.05, 4.69) is 72.5 Å². The minimum absolute atomic E-state index is 0.148. The number of thiocarbonyl (C=S) groups is 1. The summed E-state index contributed by atoms with van der Waals surface area (Å²) in [4.78, 5) is 0. The first-order valence-electron chi connectivity index (χ1n) is 8.39. The third-order valence-electron chi connectivity index (χ3n) is 4.80. The number of fused-ring (bicyclic) bond motifs is 2. The zero-order valence-corrected chi connectivity index (χ0v) is 15.4. The Balaban J connectivity index is 1.64. The Morgan fingerprint density at radius 3 is 2.68 bits per heavy atom. The third kappa shape index (κ3) is 3.51. The van der Waals surface area contributed by atoms with E-state index in [4.69, 9.17) is 17.0 Å². The molecule has 2 unspecified atom stereocenters. The van der Waals surface area contributed by atoms with Crippen LogP contribution in [-0.2, 0) is 6.42 Å². The molecule has 3 aromatic rings. The molecule has 0 bridgehead atoms. The Morgan fingerprint density at radius 2 is 1.84 bits per heavy atom. The summed E-state index contributed by atoms with van der Waals surface area (Å²) >= 11 is 9.52. The summed E-state index contributed by atoms with van der Waals surface area (Å²) in [6, 6.07) is 23.5. The molecule has 4 heteroatoms. The van der Waals surface area contributed by atoms with E-state index < -0.39 is 0 Å². The van der Waals surface area contributed by atoms with Gasteiger partial charge in [0.15, 0.2) is 0 Å². The van der Waals surface area contributed by atoms with E-state index in [0.29, 0.717) is 10.9 Å². The van der Waals surface area contributed by atoms with Crippen molar-refractivity contribution in [3.63, 3.8) is 0 Å². The number of hydrogen-bond donors (Lipinski definition) is 2. The minimum Gasteiger partial charge on any atom is -0.493 e. The molecule has 0 aromatic heterocycles. The van der Waals surface area contributed by atoms with Crippen LogP contribution < -0.4 is 10.1 Å². The fraction of sp³-hybridized carbons (Fsp3) is 0.190. The highest BCUT2D eigenvalue weighted by molar-refractivity contribution is 8.11. The van der Waals surface area contributed by atoms with Crippen molar-refractivity contribution in [2.45, 2.75) is 18.4 Å². The highest BCUT2D eigenvalue weighted by atomic mass is 32.1. The van der Waals surface area contributed by atoms with Gasteiger partial charge in [-0.05, 0) is 28.8 Å². The van der Waals surface area contributed by atoms with Crippen LogP contribution in [0.1, 0.15) is 17.0 Å². The maximum absolute atomic E-state index is 5.87. The van der Waals surface area contributed by atoms with Gasteiger partial charge in [0.1, 0.15) is 10.1 Å². The molecule has 3 aromatic carbocycles. The lowest BCUT2D eigenvalue weighted by Gasteiger charge is -2.24. The van der Waals surface area contributed by atoms with E-state index in [0.717, 1.165) is 12.2 Å². The molecule has 126 valence electrons. The first-order chi connectivity index (χ1) is 12.2. The maximum atomic E-state index is 5.87. The van der Waals surface area contributed by atoms with Crippen LogP contribution in [0.5, 0.6) is 5.75 Å². The summed E-state index contributed by atoms with van der Waals surface area (Å²) in [5.41, 5.74) is 2.52. The summed E-state index contributed by atoms with van der Waals surface area (Å²) in [5.74, 6) is 1.23. The first kappa shape index (κ1) is 16.4. The maximum Gasteiger partial charge on any atom is 0.130 e. The Bertz CT molecular complexity index is 924. The number of rotatable bonds is 4. The molecule has 1 heterocycles. The van der Waals surface area contributed by atoms with Gasteiger partial charge in [-0.2, -0.15) is 0 Å². The molecule has 0 fully saturated rings. The van der Waals surface area contributed by atoms with Gasteiger partial charge in [0.25, 0.3) is 0 Å². The van der Waals surface area contributed by atoms with E-state index in [1.165, 1.54) is 21.9 Å². The second-order valence-electron chi connectivity index (χ2n) is 6.40. The molecule has 2 atom stereocenters. The van der Waals surface area contributed by atoms with E-state index in [9.17, 15) is 0 Å². The molecule has 0 spiro atoms. The molecular weight excluding hydrogens is 346 g/mol. The third-order valence-corrected chi connectivity index (χ3v) is 5.05. The van der Waals surface area contributed by atoms with Gasteiger partial charge in [0, 0.05) is 17.5 Å². The molecule has 25 heavy (non-hydrogen) atoms. The molecule has 0 aliphatic carbocycles. The van der Waals surface area contributed by atoms with Crippen LogP contribution in [0.15, 0.2) is 66.7 Å². The number of para-hydroxylation sites is 1. The van der Waals surface area contributed by atoms with Crippen molar-refractivity contribution in [1.82, 2.24) is 5.32 Å². The molecule has 2 nitrogen and oxygen atoms in total. The summed E-state index contributed by atoms with van der Waals surface area (Å²) in [6.45, 7) is 0.668. The van der Waals surface area contributed by atoms with Crippen LogP contribution in [0.25, 0.3) is 10.8 Å². The van der Waals surface area contributed by atoms with Crippen molar-refractivity contribution >= 4 is 39.9 Å². The number of benzene rings is 3. The van der Waals surface area contributed by atoms with Crippen LogP contribution in [0, 0.1) is 0 Å². The van der Waals surface area contributed by atoms with Gasteiger partial charge in [-0.3, -0.25) is 0 Å². The number of nitrogens with one attached hydrogen (secondary N) is 1. The monoisotopic (exact) mass is 365 g/mol. The number of thiol groups is 1. The van der Waals surface area contributed by atoms with Crippen molar-refractivity contribution in [1.29, 1.82) is 0 Å². The fourth-order valence-corrected chi connectivity index (χ4v) is 3.91. The first-order valence-corrected chi connectivity index (χ1v) is 9.25. The summed E-state index contributed by atoms with van der Waals surface area (Å²) < 4.78 is 6.40. The number of hydrogen-bond acceptors (Lipinski definition) is 2. The van der Waals surface area contributed by atoms with Crippen molar-refractivity contribution in [2.75, 3.05) is 6.61 Å². The van der Waals surface area contributed by atoms with Gasteiger partial charge in [0.05, 0.1) is 6.61 Å². The topological polar surface area (TPSA) is 21.3 Å². The van der Waals surface area contributed by atoms with E-state index >= 15 is 0 Å². The van der Waals surface area contributed by atoms with Gasteiger partial charge < -0.3 is 10.1 Å². The minimum atomic E-state index is 0.148. The van der Waals surface area contributed by atoms with Crippen LogP contribution in [-0.4, -0.2) is 17.0 Å². The summed E-state index contributed by atoms with van der Waals surface area (Å²) in [7, 11) is 0. The van der Waals surface area contributed by atoms with E-state index in [1.54, 1.807) is 0 Å². The Hall–Kier alpha value is -2.04. The molecule has 0 radical (unpaired) electrons. The van der Waals surface area contributed by atoms with E-state index in [1.807, 2.05) is 12.1 Å². The zero-order chi connectivity index (χ0) is 17.2. The van der Waals surface area contributed by atoms with Crippen LogP contribution >= 0.6 is 24.8 Å². The smallest absolute Gasteiger partial charge is 0.130 e. The predicted octanol–water partition coefficient (Wildman–Crippen LogP) is 4.73. The highest BCUT2D eigenvalue weighted by Crippen LogP contribution is 2.36. The second-order valence-corrected chi connectivity index (χ2v) is 7.55. The average molecular weight is 366 g/mol. The van der Waals surface area contributed by atoms with Crippen molar-refractivity contribution in [3.05, 3.63) is 77.9 Å². The highest BCUT2D eigenvalue weighted by Gasteiger charge is 2.31. The molecular formula is C21H19NOS2. The predicted molar refractivity (Wildman–Crippen MR) is 111 cm³/mol. The molecule has 1 N–H and O–H groups in total. The van der Waals surface area contributed by atoms with Crippen LogP contribution in [0.2, 0.25) is 0 Å². The second kappa shape index (κ2) is 7.06. The molecule has 0 saturated carbocycles. The Labute approximate surface area is 158 Å². The Kier molecular flexibility index (Phi) is 4.64. The summed E-state index contributed by atoms with van der Waals surface area (Å²) in [6.07, 6.45) is 0.869. The fourth-order valence-electron chi connectivity index (χ4n) is 3.59. The Morgan fingerprint density at radius 1 is 1.08 bits per heavy atom.